The summed E-state index contributed by atoms with van der Waals surface area (Å²) in [4.78, 5) is 11.8. The van der Waals surface area contributed by atoms with Crippen LogP contribution in [0.2, 0.25) is 0 Å². The first-order valence-electron chi connectivity index (χ1n) is 8.59. The van der Waals surface area contributed by atoms with Gasteiger partial charge in [0.25, 0.3) is 0 Å². The predicted molar refractivity (Wildman–Crippen MR) is 94.7 cm³/mol. The fourth-order valence-corrected chi connectivity index (χ4v) is 3.08. The van der Waals surface area contributed by atoms with Crippen molar-refractivity contribution < 1.29 is 9.53 Å². The Balaban J connectivity index is 1.87. The number of nitrogens with one attached hydrogen (secondary N) is 2. The van der Waals surface area contributed by atoms with Crippen LogP contribution in [-0.4, -0.2) is 17.7 Å². The van der Waals surface area contributed by atoms with Crippen molar-refractivity contribution in [3.8, 4) is 0 Å². The molecule has 1 aromatic carbocycles. The highest BCUT2D eigenvalue weighted by Crippen LogP contribution is 2.27. The zero-order valence-corrected chi connectivity index (χ0v) is 15.0. The fraction of sp³-hybridized carbons (Fsp3) is 0.632. The van der Waals surface area contributed by atoms with E-state index in [4.69, 9.17) is 4.74 Å². The van der Waals surface area contributed by atoms with E-state index in [0.717, 1.165) is 11.6 Å². The Morgan fingerprint density at radius 1 is 1.22 bits per heavy atom. The highest BCUT2D eigenvalue weighted by atomic mass is 16.6. The van der Waals surface area contributed by atoms with Crippen molar-refractivity contribution in [1.29, 1.82) is 0 Å². The maximum Gasteiger partial charge on any atom is 0.412 e. The van der Waals surface area contributed by atoms with Gasteiger partial charge in [0.2, 0.25) is 0 Å². The summed E-state index contributed by atoms with van der Waals surface area (Å²) in [6, 6.07) is 8.91. The summed E-state index contributed by atoms with van der Waals surface area (Å²) in [6.45, 7) is 10.1. The van der Waals surface area contributed by atoms with Crippen LogP contribution in [0.4, 0.5) is 10.5 Å². The van der Waals surface area contributed by atoms with E-state index in [9.17, 15) is 4.79 Å². The molecule has 3 atom stereocenters. The minimum atomic E-state index is -0.485. The van der Waals surface area contributed by atoms with Crippen LogP contribution in [0.3, 0.4) is 0 Å². The van der Waals surface area contributed by atoms with Crippen molar-refractivity contribution in [2.75, 3.05) is 5.32 Å². The molecule has 1 fully saturated rings. The summed E-state index contributed by atoms with van der Waals surface area (Å²) in [7, 11) is 0. The van der Waals surface area contributed by atoms with E-state index < -0.39 is 11.7 Å². The predicted octanol–water partition coefficient (Wildman–Crippen LogP) is 4.87. The molecule has 0 radical (unpaired) electrons. The molecule has 0 heterocycles. The molecule has 23 heavy (non-hydrogen) atoms. The van der Waals surface area contributed by atoms with E-state index in [2.05, 4.69) is 36.6 Å². The third kappa shape index (κ3) is 5.87. The molecule has 1 aliphatic carbocycles. The largest absolute Gasteiger partial charge is 0.444 e. The topological polar surface area (TPSA) is 50.4 Å². The molecular weight excluding hydrogens is 288 g/mol. The molecule has 4 nitrogen and oxygen atoms in total. The number of rotatable bonds is 4. The van der Waals surface area contributed by atoms with Crippen LogP contribution in [-0.2, 0) is 4.74 Å². The number of ether oxygens (including phenoxy) is 1. The molecule has 0 aliphatic heterocycles. The average Bonchev–Trinajstić information content (AvgIpc) is 2.82. The summed E-state index contributed by atoms with van der Waals surface area (Å²) >= 11 is 0. The summed E-state index contributed by atoms with van der Waals surface area (Å²) in [5.74, 6) is 0.833. The van der Waals surface area contributed by atoms with Crippen molar-refractivity contribution in [1.82, 2.24) is 5.32 Å². The molecule has 2 rings (SSSR count). The lowest BCUT2D eigenvalue weighted by molar-refractivity contribution is 0.0636. The highest BCUT2D eigenvalue weighted by molar-refractivity contribution is 5.84. The number of hydrogen-bond donors (Lipinski definition) is 2. The van der Waals surface area contributed by atoms with E-state index in [1.807, 2.05) is 32.9 Å². The molecular formula is C19H30N2O2. The van der Waals surface area contributed by atoms with E-state index in [0.29, 0.717) is 12.1 Å². The van der Waals surface area contributed by atoms with Crippen LogP contribution in [0.1, 0.15) is 65.5 Å². The van der Waals surface area contributed by atoms with Crippen molar-refractivity contribution in [2.24, 2.45) is 5.92 Å². The highest BCUT2D eigenvalue weighted by Gasteiger charge is 2.22. The van der Waals surface area contributed by atoms with Gasteiger partial charge in [-0.2, -0.15) is 0 Å². The van der Waals surface area contributed by atoms with Gasteiger partial charge in [-0.25, -0.2) is 4.79 Å². The number of amides is 1. The Morgan fingerprint density at radius 3 is 2.39 bits per heavy atom. The monoisotopic (exact) mass is 318 g/mol. The second-order valence-electron chi connectivity index (χ2n) is 7.75. The summed E-state index contributed by atoms with van der Waals surface area (Å²) in [5.41, 5.74) is 1.50. The molecule has 0 aromatic heterocycles. The summed E-state index contributed by atoms with van der Waals surface area (Å²) in [6.07, 6.45) is 3.44. The maximum atomic E-state index is 11.8. The Kier molecular flexibility index (Phi) is 5.69. The zero-order valence-electron chi connectivity index (χ0n) is 15.0. The van der Waals surface area contributed by atoms with Gasteiger partial charge in [-0.3, -0.25) is 5.32 Å². The summed E-state index contributed by atoms with van der Waals surface area (Å²) < 4.78 is 5.26. The van der Waals surface area contributed by atoms with E-state index in [-0.39, 0.29) is 0 Å². The van der Waals surface area contributed by atoms with Gasteiger partial charge in [0.1, 0.15) is 5.60 Å². The quantitative estimate of drug-likeness (QED) is 0.832. The van der Waals surface area contributed by atoms with Gasteiger partial charge in [-0.05, 0) is 70.6 Å². The smallest absolute Gasteiger partial charge is 0.412 e. The normalized spacial score (nSPS) is 22.7. The third-order valence-corrected chi connectivity index (χ3v) is 4.24. The molecule has 128 valence electrons. The minimum absolute atomic E-state index is 0.320. The molecule has 3 unspecified atom stereocenters. The van der Waals surface area contributed by atoms with Gasteiger partial charge >= 0.3 is 6.09 Å². The van der Waals surface area contributed by atoms with Crippen LogP contribution >= 0.6 is 0 Å². The van der Waals surface area contributed by atoms with Gasteiger partial charge in [-0.1, -0.05) is 19.1 Å². The lowest BCUT2D eigenvalue weighted by Crippen LogP contribution is -2.29. The lowest BCUT2D eigenvalue weighted by atomic mass is 10.1. The van der Waals surface area contributed by atoms with Gasteiger partial charge < -0.3 is 10.1 Å². The average molecular weight is 318 g/mol. The molecule has 0 spiro atoms. The summed E-state index contributed by atoms with van der Waals surface area (Å²) in [5, 5.41) is 6.47. The van der Waals surface area contributed by atoms with Crippen LogP contribution in [0.5, 0.6) is 0 Å². The molecule has 1 aromatic rings. The van der Waals surface area contributed by atoms with E-state index in [1.165, 1.54) is 24.8 Å². The molecule has 1 aliphatic rings. The van der Waals surface area contributed by atoms with Crippen molar-refractivity contribution in [3.63, 3.8) is 0 Å². The minimum Gasteiger partial charge on any atom is -0.444 e. The van der Waals surface area contributed by atoms with Crippen LogP contribution < -0.4 is 10.6 Å². The molecule has 0 saturated heterocycles. The van der Waals surface area contributed by atoms with E-state index in [1.54, 1.807) is 0 Å². The Hall–Kier alpha value is -1.55. The molecule has 1 saturated carbocycles. The van der Waals surface area contributed by atoms with Gasteiger partial charge in [0.15, 0.2) is 0 Å². The SMILES string of the molecule is CC1CCC(NC(C)c2ccc(NC(=O)OC(C)(C)C)cc2)C1. The fourth-order valence-electron chi connectivity index (χ4n) is 3.08. The van der Waals surface area contributed by atoms with Crippen molar-refractivity contribution in [3.05, 3.63) is 29.8 Å². The van der Waals surface area contributed by atoms with Crippen molar-refractivity contribution in [2.45, 2.75) is 71.6 Å². The number of carbonyl (C=O) groups is 1. The molecule has 4 heteroatoms. The first-order chi connectivity index (χ1) is 10.7. The number of hydrogen-bond acceptors (Lipinski definition) is 3. The molecule has 1 amide bonds. The number of anilines is 1. The number of carbonyl (C=O) groups excluding carboxylic acids is 1. The molecule has 2 N–H and O–H groups in total. The second kappa shape index (κ2) is 7.35. The first kappa shape index (κ1) is 17.8. The maximum absolute atomic E-state index is 11.8. The van der Waals surface area contributed by atoms with Crippen molar-refractivity contribution >= 4 is 11.8 Å². The zero-order chi connectivity index (χ0) is 17.0. The first-order valence-corrected chi connectivity index (χ1v) is 8.59. The van der Waals surface area contributed by atoms with Crippen LogP contribution in [0.15, 0.2) is 24.3 Å². The Morgan fingerprint density at radius 2 is 1.87 bits per heavy atom. The van der Waals surface area contributed by atoms with Gasteiger partial charge in [0.05, 0.1) is 0 Å². The second-order valence-corrected chi connectivity index (χ2v) is 7.75. The lowest BCUT2D eigenvalue weighted by Gasteiger charge is -2.21. The van der Waals surface area contributed by atoms with Gasteiger partial charge in [-0.15, -0.1) is 0 Å². The van der Waals surface area contributed by atoms with Crippen LogP contribution in [0.25, 0.3) is 0 Å². The standard InChI is InChI=1S/C19H30N2O2/c1-13-6-9-17(12-13)20-14(2)15-7-10-16(11-8-15)21-18(22)23-19(3,4)5/h7-8,10-11,13-14,17,20H,6,9,12H2,1-5H3,(H,21,22). The van der Waals surface area contributed by atoms with Crippen LogP contribution in [0, 0.1) is 5.92 Å². The Bertz CT molecular complexity index is 519. The third-order valence-electron chi connectivity index (χ3n) is 4.24. The Labute approximate surface area is 140 Å². The van der Waals surface area contributed by atoms with E-state index >= 15 is 0 Å². The molecule has 0 bridgehead atoms. The van der Waals surface area contributed by atoms with Gasteiger partial charge in [0, 0.05) is 17.8 Å². The number of benzene rings is 1.